The monoisotopic (exact) mass is 243 g/mol. The summed E-state index contributed by atoms with van der Waals surface area (Å²) in [6.45, 7) is 0. The first-order valence-corrected chi connectivity index (χ1v) is 5.32. The molecular weight excluding hydrogens is 234 g/mol. The van der Waals surface area contributed by atoms with Crippen LogP contribution in [-0.4, -0.2) is 30.1 Å². The lowest BCUT2D eigenvalue weighted by atomic mass is 10.1. The van der Waals surface area contributed by atoms with Gasteiger partial charge in [-0.25, -0.2) is 0 Å². The minimum atomic E-state index is -0.390. The Hall–Kier alpha value is -2.70. The predicted octanol–water partition coefficient (Wildman–Crippen LogP) is 0.109. The molecule has 0 saturated carbocycles. The van der Waals surface area contributed by atoms with Crippen LogP contribution in [0.4, 0.5) is 0 Å². The van der Waals surface area contributed by atoms with Gasteiger partial charge in [0.15, 0.2) is 0 Å². The first-order valence-electron chi connectivity index (χ1n) is 5.32. The lowest BCUT2D eigenvalue weighted by molar-refractivity contribution is 0.425. The highest BCUT2D eigenvalue weighted by atomic mass is 16.3. The number of aromatic hydroxyl groups is 1. The van der Waals surface area contributed by atoms with E-state index in [1.807, 2.05) is 30.3 Å². The minimum Gasteiger partial charge on any atom is -0.493 e. The fraction of sp³-hybridized carbons (Fsp3) is 0.0909. The van der Waals surface area contributed by atoms with Crippen molar-refractivity contribution in [1.29, 1.82) is 0 Å². The molecule has 0 radical (unpaired) electrons. The van der Waals surface area contributed by atoms with Gasteiger partial charge >= 0.3 is 0 Å². The minimum absolute atomic E-state index is 0.120. The van der Waals surface area contributed by atoms with Crippen LogP contribution in [0.25, 0.3) is 5.78 Å². The van der Waals surface area contributed by atoms with Gasteiger partial charge in [-0.3, -0.25) is 9.78 Å². The molecule has 0 saturated heterocycles. The maximum atomic E-state index is 11.8. The molecule has 2 N–H and O–H groups in total. The van der Waals surface area contributed by atoms with Crippen LogP contribution in [0.1, 0.15) is 11.1 Å². The molecule has 3 rings (SSSR count). The Morgan fingerprint density at radius 2 is 2.06 bits per heavy atom. The molecule has 7 heteroatoms. The second-order valence-corrected chi connectivity index (χ2v) is 3.83. The number of hydrogen-bond donors (Lipinski definition) is 2. The van der Waals surface area contributed by atoms with Crippen molar-refractivity contribution < 1.29 is 5.11 Å². The van der Waals surface area contributed by atoms with Gasteiger partial charge in [0.05, 0.1) is 5.56 Å². The van der Waals surface area contributed by atoms with Gasteiger partial charge < -0.3 is 5.11 Å². The van der Waals surface area contributed by atoms with Crippen LogP contribution in [-0.2, 0) is 6.42 Å². The van der Waals surface area contributed by atoms with E-state index in [9.17, 15) is 9.90 Å². The summed E-state index contributed by atoms with van der Waals surface area (Å²) in [5.74, 6) is -0.114. The molecule has 0 aliphatic carbocycles. The number of fused-ring (bicyclic) bond motifs is 1. The molecule has 0 aliphatic heterocycles. The normalized spacial score (nSPS) is 10.9. The number of hydrogen-bond acceptors (Lipinski definition) is 5. The fourth-order valence-corrected chi connectivity index (χ4v) is 1.77. The Morgan fingerprint density at radius 1 is 1.28 bits per heavy atom. The zero-order valence-corrected chi connectivity index (χ0v) is 9.24. The van der Waals surface area contributed by atoms with Crippen molar-refractivity contribution in [3.8, 4) is 5.88 Å². The van der Waals surface area contributed by atoms with Gasteiger partial charge in [0.25, 0.3) is 11.3 Å². The summed E-state index contributed by atoms with van der Waals surface area (Å²) in [6, 6.07) is 9.38. The first-order chi connectivity index (χ1) is 8.75. The lowest BCUT2D eigenvalue weighted by Crippen LogP contribution is -2.16. The molecule has 7 nitrogen and oxygen atoms in total. The highest BCUT2D eigenvalue weighted by Gasteiger charge is 2.14. The number of nitrogens with one attached hydrogen (secondary N) is 1. The Balaban J connectivity index is 2.14. The topological polar surface area (TPSA) is 96.2 Å². The van der Waals surface area contributed by atoms with E-state index in [0.29, 0.717) is 6.42 Å². The van der Waals surface area contributed by atoms with Crippen LogP contribution in [0.2, 0.25) is 0 Å². The Labute approximate surface area is 101 Å². The molecule has 1 aromatic carbocycles. The largest absolute Gasteiger partial charge is 0.493 e. The van der Waals surface area contributed by atoms with Gasteiger partial charge in [-0.1, -0.05) is 35.4 Å². The molecular formula is C11H9N5O2. The van der Waals surface area contributed by atoms with Crippen molar-refractivity contribution in [3.05, 3.63) is 51.8 Å². The van der Waals surface area contributed by atoms with E-state index in [-0.39, 0.29) is 17.2 Å². The van der Waals surface area contributed by atoms with Crippen LogP contribution in [0.15, 0.2) is 35.1 Å². The van der Waals surface area contributed by atoms with E-state index in [0.717, 1.165) is 10.1 Å². The third-order valence-corrected chi connectivity index (χ3v) is 2.66. The second kappa shape index (κ2) is 3.95. The van der Waals surface area contributed by atoms with Crippen molar-refractivity contribution in [2.75, 3.05) is 0 Å². The summed E-state index contributed by atoms with van der Waals surface area (Å²) < 4.78 is 1.10. The van der Waals surface area contributed by atoms with Crippen LogP contribution in [0.5, 0.6) is 5.88 Å². The number of nitrogens with zero attached hydrogens (tertiary/aromatic N) is 4. The van der Waals surface area contributed by atoms with Gasteiger partial charge in [0.1, 0.15) is 0 Å². The van der Waals surface area contributed by atoms with Crippen molar-refractivity contribution >= 4 is 5.78 Å². The van der Waals surface area contributed by atoms with E-state index in [1.54, 1.807) is 0 Å². The summed E-state index contributed by atoms with van der Waals surface area (Å²) in [4.78, 5) is 14.3. The third-order valence-electron chi connectivity index (χ3n) is 2.66. The molecule has 2 aromatic heterocycles. The van der Waals surface area contributed by atoms with Crippen LogP contribution in [0, 0.1) is 0 Å². The van der Waals surface area contributed by atoms with Crippen LogP contribution >= 0.6 is 0 Å². The lowest BCUT2D eigenvalue weighted by Gasteiger charge is -2.04. The second-order valence-electron chi connectivity index (χ2n) is 3.83. The predicted molar refractivity (Wildman–Crippen MR) is 62.3 cm³/mol. The smallest absolute Gasteiger partial charge is 0.259 e. The van der Waals surface area contributed by atoms with Crippen molar-refractivity contribution in [1.82, 2.24) is 25.0 Å². The average molecular weight is 243 g/mol. The highest BCUT2D eigenvalue weighted by Crippen LogP contribution is 2.15. The molecule has 90 valence electrons. The van der Waals surface area contributed by atoms with E-state index >= 15 is 0 Å². The number of tetrazole rings is 1. The third kappa shape index (κ3) is 1.61. The Bertz CT molecular complexity index is 747. The van der Waals surface area contributed by atoms with Crippen molar-refractivity contribution in [2.45, 2.75) is 6.42 Å². The highest BCUT2D eigenvalue weighted by molar-refractivity contribution is 5.37. The molecule has 0 atom stereocenters. The SMILES string of the molecule is O=c1[nH]c2nnnn2c(O)c1Cc1ccccc1. The molecule has 0 spiro atoms. The fourth-order valence-electron chi connectivity index (χ4n) is 1.77. The molecule has 18 heavy (non-hydrogen) atoms. The molecule has 2 heterocycles. The summed E-state index contributed by atoms with van der Waals surface area (Å²) in [5, 5.41) is 20.5. The van der Waals surface area contributed by atoms with Crippen LogP contribution < -0.4 is 5.56 Å². The van der Waals surface area contributed by atoms with Gasteiger partial charge in [-0.05, 0) is 16.0 Å². The average Bonchev–Trinajstić information content (AvgIpc) is 2.84. The maximum Gasteiger partial charge on any atom is 0.259 e. The number of H-pyrrole nitrogens is 1. The van der Waals surface area contributed by atoms with Crippen molar-refractivity contribution in [3.63, 3.8) is 0 Å². The zero-order valence-electron chi connectivity index (χ0n) is 9.24. The zero-order chi connectivity index (χ0) is 12.5. The van der Waals surface area contributed by atoms with Gasteiger partial charge in [-0.15, -0.1) is 4.52 Å². The molecule has 0 unspecified atom stereocenters. The molecule has 3 aromatic rings. The molecule has 0 fully saturated rings. The number of aromatic amines is 1. The van der Waals surface area contributed by atoms with Crippen molar-refractivity contribution in [2.24, 2.45) is 0 Å². The first kappa shape index (κ1) is 10.5. The molecule has 0 bridgehead atoms. The molecule has 0 aliphatic rings. The Kier molecular flexibility index (Phi) is 2.30. The van der Waals surface area contributed by atoms with E-state index in [4.69, 9.17) is 0 Å². The van der Waals surface area contributed by atoms with Crippen LogP contribution in [0.3, 0.4) is 0 Å². The summed E-state index contributed by atoms with van der Waals surface area (Å²) >= 11 is 0. The number of benzene rings is 1. The Morgan fingerprint density at radius 3 is 2.83 bits per heavy atom. The van der Waals surface area contributed by atoms with Gasteiger partial charge in [0, 0.05) is 6.42 Å². The summed E-state index contributed by atoms with van der Waals surface area (Å²) in [5.41, 5.74) is 0.769. The van der Waals surface area contributed by atoms with Gasteiger partial charge in [0.2, 0.25) is 5.88 Å². The van der Waals surface area contributed by atoms with E-state index in [2.05, 4.69) is 20.5 Å². The van der Waals surface area contributed by atoms with E-state index in [1.165, 1.54) is 0 Å². The molecule has 0 amide bonds. The number of rotatable bonds is 2. The number of aromatic nitrogens is 5. The standard InChI is InChI=1S/C11H9N5O2/c17-9-8(6-7-4-2-1-3-5-7)10(18)16-11(12-9)13-14-15-16/h1-5,18H,6H2,(H,12,13,15,17). The summed E-state index contributed by atoms with van der Waals surface area (Å²) in [7, 11) is 0. The maximum absolute atomic E-state index is 11.8. The van der Waals surface area contributed by atoms with E-state index < -0.39 is 5.56 Å². The van der Waals surface area contributed by atoms with Gasteiger partial charge in [-0.2, -0.15) is 0 Å². The summed E-state index contributed by atoms with van der Waals surface area (Å²) in [6.07, 6.45) is 0.317. The quantitative estimate of drug-likeness (QED) is 0.665.